The van der Waals surface area contributed by atoms with Crippen molar-refractivity contribution in [1.29, 1.82) is 0 Å². The molecule has 1 amide bonds. The first-order valence-electron chi connectivity index (χ1n) is 4.22. The SMILES string of the molecule is CC.CNC(=O)c1ccccc1Br. The lowest BCUT2D eigenvalue weighted by atomic mass is 10.2. The van der Waals surface area contributed by atoms with Crippen molar-refractivity contribution < 1.29 is 4.79 Å². The van der Waals surface area contributed by atoms with Gasteiger partial charge >= 0.3 is 0 Å². The second-order valence-corrected chi connectivity index (χ2v) is 2.91. The minimum Gasteiger partial charge on any atom is -0.355 e. The molecule has 0 aliphatic rings. The molecular weight excluding hydrogens is 230 g/mol. The van der Waals surface area contributed by atoms with Gasteiger partial charge in [0.05, 0.1) is 5.56 Å². The fourth-order valence-electron chi connectivity index (χ4n) is 0.780. The Morgan fingerprint density at radius 2 is 1.85 bits per heavy atom. The number of carbonyl (C=O) groups is 1. The van der Waals surface area contributed by atoms with E-state index in [1.807, 2.05) is 32.0 Å². The molecule has 0 saturated heterocycles. The summed E-state index contributed by atoms with van der Waals surface area (Å²) in [4.78, 5) is 11.1. The zero-order valence-electron chi connectivity index (χ0n) is 8.10. The molecule has 1 aromatic carbocycles. The Kier molecular flexibility index (Phi) is 6.24. The van der Waals surface area contributed by atoms with Gasteiger partial charge in [-0.15, -0.1) is 0 Å². The van der Waals surface area contributed by atoms with Crippen molar-refractivity contribution in [2.24, 2.45) is 0 Å². The lowest BCUT2D eigenvalue weighted by molar-refractivity contribution is 0.0962. The first-order chi connectivity index (χ1) is 6.25. The quantitative estimate of drug-likeness (QED) is 0.808. The van der Waals surface area contributed by atoms with Crippen LogP contribution in [-0.4, -0.2) is 13.0 Å². The van der Waals surface area contributed by atoms with Crippen LogP contribution in [0.2, 0.25) is 0 Å². The summed E-state index contributed by atoms with van der Waals surface area (Å²) in [5.41, 5.74) is 0.662. The second-order valence-electron chi connectivity index (χ2n) is 2.06. The van der Waals surface area contributed by atoms with Gasteiger partial charge in [-0.2, -0.15) is 0 Å². The Hall–Kier alpha value is -0.830. The smallest absolute Gasteiger partial charge is 0.252 e. The van der Waals surface area contributed by atoms with Crippen LogP contribution < -0.4 is 5.32 Å². The lowest BCUT2D eigenvalue weighted by Gasteiger charge is -2.00. The summed E-state index contributed by atoms with van der Waals surface area (Å²) in [7, 11) is 1.61. The van der Waals surface area contributed by atoms with Gasteiger partial charge in [-0.25, -0.2) is 0 Å². The van der Waals surface area contributed by atoms with Gasteiger partial charge in [-0.1, -0.05) is 26.0 Å². The molecule has 0 bridgehead atoms. The van der Waals surface area contributed by atoms with E-state index in [1.165, 1.54) is 0 Å². The van der Waals surface area contributed by atoms with Crippen molar-refractivity contribution in [3.8, 4) is 0 Å². The van der Waals surface area contributed by atoms with Crippen molar-refractivity contribution in [3.63, 3.8) is 0 Å². The molecule has 0 aromatic heterocycles. The molecule has 0 aliphatic carbocycles. The Balaban J connectivity index is 0.000000671. The number of hydrogen-bond acceptors (Lipinski definition) is 1. The van der Waals surface area contributed by atoms with E-state index < -0.39 is 0 Å². The van der Waals surface area contributed by atoms with Crippen LogP contribution in [0.1, 0.15) is 24.2 Å². The van der Waals surface area contributed by atoms with Gasteiger partial charge in [0.2, 0.25) is 0 Å². The molecule has 0 unspecified atom stereocenters. The van der Waals surface area contributed by atoms with Gasteiger partial charge in [-0.3, -0.25) is 4.79 Å². The maximum absolute atomic E-state index is 11.1. The highest BCUT2D eigenvalue weighted by molar-refractivity contribution is 9.10. The predicted octanol–water partition coefficient (Wildman–Crippen LogP) is 2.83. The van der Waals surface area contributed by atoms with Crippen molar-refractivity contribution in [2.75, 3.05) is 7.05 Å². The minimum absolute atomic E-state index is 0.0718. The van der Waals surface area contributed by atoms with Gasteiger partial charge in [0, 0.05) is 11.5 Å². The number of carbonyl (C=O) groups excluding carboxylic acids is 1. The predicted molar refractivity (Wildman–Crippen MR) is 58.9 cm³/mol. The van der Waals surface area contributed by atoms with Crippen LogP contribution in [0.4, 0.5) is 0 Å². The van der Waals surface area contributed by atoms with Crippen molar-refractivity contribution in [1.82, 2.24) is 5.32 Å². The average Bonchev–Trinajstić information content (AvgIpc) is 2.20. The third-order valence-corrected chi connectivity index (χ3v) is 2.04. The van der Waals surface area contributed by atoms with Gasteiger partial charge in [0.15, 0.2) is 0 Å². The molecule has 3 heteroatoms. The van der Waals surface area contributed by atoms with E-state index in [-0.39, 0.29) is 5.91 Å². The van der Waals surface area contributed by atoms with Crippen molar-refractivity contribution >= 4 is 21.8 Å². The van der Waals surface area contributed by atoms with Crippen molar-refractivity contribution in [2.45, 2.75) is 13.8 Å². The zero-order valence-corrected chi connectivity index (χ0v) is 9.68. The summed E-state index contributed by atoms with van der Waals surface area (Å²) in [5, 5.41) is 2.55. The minimum atomic E-state index is -0.0718. The summed E-state index contributed by atoms with van der Waals surface area (Å²) in [6, 6.07) is 7.30. The fraction of sp³-hybridized carbons (Fsp3) is 0.300. The molecule has 0 atom stereocenters. The summed E-state index contributed by atoms with van der Waals surface area (Å²) < 4.78 is 0.819. The highest BCUT2D eigenvalue weighted by Crippen LogP contribution is 2.14. The van der Waals surface area contributed by atoms with E-state index in [2.05, 4.69) is 21.2 Å². The molecule has 0 saturated carbocycles. The molecule has 1 aromatic rings. The topological polar surface area (TPSA) is 29.1 Å². The molecule has 2 nitrogen and oxygen atoms in total. The summed E-state index contributed by atoms with van der Waals surface area (Å²) in [6.07, 6.45) is 0. The van der Waals surface area contributed by atoms with Crippen LogP contribution in [-0.2, 0) is 0 Å². The maximum atomic E-state index is 11.1. The highest BCUT2D eigenvalue weighted by Gasteiger charge is 2.04. The van der Waals surface area contributed by atoms with E-state index in [0.717, 1.165) is 4.47 Å². The van der Waals surface area contributed by atoms with Crippen molar-refractivity contribution in [3.05, 3.63) is 34.3 Å². The summed E-state index contributed by atoms with van der Waals surface area (Å²) in [5.74, 6) is -0.0718. The van der Waals surface area contributed by atoms with E-state index in [4.69, 9.17) is 0 Å². The second kappa shape index (κ2) is 6.66. The molecule has 13 heavy (non-hydrogen) atoms. The van der Waals surface area contributed by atoms with Gasteiger partial charge < -0.3 is 5.32 Å². The molecule has 1 rings (SSSR count). The van der Waals surface area contributed by atoms with E-state index >= 15 is 0 Å². The Morgan fingerprint density at radius 3 is 2.31 bits per heavy atom. The number of rotatable bonds is 1. The molecular formula is C10H14BrNO. The first kappa shape index (κ1) is 12.2. The maximum Gasteiger partial charge on any atom is 0.252 e. The number of nitrogens with one attached hydrogen (secondary N) is 1. The van der Waals surface area contributed by atoms with Crippen LogP contribution in [0.25, 0.3) is 0 Å². The van der Waals surface area contributed by atoms with Gasteiger partial charge in [-0.05, 0) is 28.1 Å². The standard InChI is InChI=1S/C8H8BrNO.C2H6/c1-10-8(11)6-4-2-3-5-7(6)9;1-2/h2-5H,1H3,(H,10,11);1-2H3. The molecule has 72 valence electrons. The lowest BCUT2D eigenvalue weighted by Crippen LogP contribution is -2.17. The van der Waals surface area contributed by atoms with Crippen LogP contribution >= 0.6 is 15.9 Å². The fourth-order valence-corrected chi connectivity index (χ4v) is 1.24. The number of benzene rings is 1. The van der Waals surface area contributed by atoms with Crippen LogP contribution in [0.3, 0.4) is 0 Å². The summed E-state index contributed by atoms with van der Waals surface area (Å²) >= 11 is 3.28. The normalized spacial score (nSPS) is 8.31. The molecule has 1 N–H and O–H groups in total. The summed E-state index contributed by atoms with van der Waals surface area (Å²) in [6.45, 7) is 4.00. The number of amides is 1. The Bertz CT molecular complexity index is 273. The average molecular weight is 244 g/mol. The molecule has 0 heterocycles. The third kappa shape index (κ3) is 3.59. The molecule has 0 spiro atoms. The number of hydrogen-bond donors (Lipinski definition) is 1. The first-order valence-corrected chi connectivity index (χ1v) is 5.01. The van der Waals surface area contributed by atoms with Crippen LogP contribution in [0.5, 0.6) is 0 Å². The van der Waals surface area contributed by atoms with E-state index in [0.29, 0.717) is 5.56 Å². The van der Waals surface area contributed by atoms with Crippen LogP contribution in [0, 0.1) is 0 Å². The van der Waals surface area contributed by atoms with Crippen LogP contribution in [0.15, 0.2) is 28.7 Å². The third-order valence-electron chi connectivity index (χ3n) is 1.35. The highest BCUT2D eigenvalue weighted by atomic mass is 79.9. The van der Waals surface area contributed by atoms with E-state index in [1.54, 1.807) is 13.1 Å². The monoisotopic (exact) mass is 243 g/mol. The molecule has 0 aliphatic heterocycles. The molecule has 0 radical (unpaired) electrons. The zero-order chi connectivity index (χ0) is 10.3. The Morgan fingerprint density at radius 1 is 1.31 bits per heavy atom. The van der Waals surface area contributed by atoms with E-state index in [9.17, 15) is 4.79 Å². The largest absolute Gasteiger partial charge is 0.355 e. The van der Waals surface area contributed by atoms with Gasteiger partial charge in [0.1, 0.15) is 0 Å². The van der Waals surface area contributed by atoms with Gasteiger partial charge in [0.25, 0.3) is 5.91 Å². The molecule has 0 fully saturated rings. The number of halogens is 1. The Labute approximate surface area is 87.5 Å².